The van der Waals surface area contributed by atoms with Crippen molar-refractivity contribution in [1.29, 1.82) is 0 Å². The summed E-state index contributed by atoms with van der Waals surface area (Å²) in [4.78, 5) is 0. The van der Waals surface area contributed by atoms with Crippen molar-refractivity contribution in [2.24, 2.45) is 0 Å². The van der Waals surface area contributed by atoms with E-state index >= 15 is 0 Å². The molecule has 0 amide bonds. The van der Waals surface area contributed by atoms with Crippen LogP contribution in [0.5, 0.6) is 5.75 Å². The molecule has 2 aliphatic carbocycles. The first-order valence-corrected chi connectivity index (χ1v) is 10.9. The van der Waals surface area contributed by atoms with Crippen LogP contribution in [0, 0.1) is 0 Å². The van der Waals surface area contributed by atoms with Crippen molar-refractivity contribution in [3.63, 3.8) is 0 Å². The number of phenols is 1. The summed E-state index contributed by atoms with van der Waals surface area (Å²) in [7, 11) is 0. The standard InChI is InChI=1S/C24H38O3/c1-22(2,19-11-13-20(25)14-12-19)21(26-23(3)15-7-5-8-16-23)27-24(4)17-9-6-10-18-24/h11-14,21,25H,5-10,15-18H2,1-4H3. The van der Waals surface area contributed by atoms with Crippen molar-refractivity contribution in [2.75, 3.05) is 0 Å². The summed E-state index contributed by atoms with van der Waals surface area (Å²) in [6, 6.07) is 7.53. The van der Waals surface area contributed by atoms with E-state index < -0.39 is 0 Å². The zero-order chi connectivity index (χ0) is 19.5. The van der Waals surface area contributed by atoms with Gasteiger partial charge in [-0.3, -0.25) is 0 Å². The highest BCUT2D eigenvalue weighted by Gasteiger charge is 2.43. The van der Waals surface area contributed by atoms with E-state index in [0.717, 1.165) is 31.2 Å². The summed E-state index contributed by atoms with van der Waals surface area (Å²) >= 11 is 0. The molecule has 2 fully saturated rings. The summed E-state index contributed by atoms with van der Waals surface area (Å²) in [5.74, 6) is 0.298. The molecular formula is C24H38O3. The highest BCUT2D eigenvalue weighted by molar-refractivity contribution is 5.31. The molecule has 0 radical (unpaired) electrons. The second-order valence-electron chi connectivity index (χ2n) is 9.86. The molecule has 0 saturated heterocycles. The van der Waals surface area contributed by atoms with Crippen molar-refractivity contribution in [3.8, 4) is 5.75 Å². The van der Waals surface area contributed by atoms with Crippen LogP contribution in [-0.4, -0.2) is 22.6 Å². The van der Waals surface area contributed by atoms with Crippen LogP contribution in [0.4, 0.5) is 0 Å². The van der Waals surface area contributed by atoms with Crippen LogP contribution in [0.25, 0.3) is 0 Å². The number of rotatable bonds is 6. The van der Waals surface area contributed by atoms with Gasteiger partial charge in [-0.05, 0) is 57.2 Å². The number of ether oxygens (including phenoxy) is 2. The molecule has 0 aliphatic heterocycles. The average Bonchev–Trinajstić information content (AvgIpc) is 2.62. The van der Waals surface area contributed by atoms with Gasteiger partial charge in [-0.1, -0.05) is 64.5 Å². The van der Waals surface area contributed by atoms with Gasteiger partial charge in [0.05, 0.1) is 11.2 Å². The normalized spacial score (nSPS) is 22.7. The minimum Gasteiger partial charge on any atom is -0.508 e. The van der Waals surface area contributed by atoms with E-state index in [4.69, 9.17) is 9.47 Å². The van der Waals surface area contributed by atoms with Crippen molar-refractivity contribution in [3.05, 3.63) is 29.8 Å². The lowest BCUT2D eigenvalue weighted by atomic mass is 9.81. The summed E-state index contributed by atoms with van der Waals surface area (Å²) in [6.07, 6.45) is 11.7. The van der Waals surface area contributed by atoms with Crippen LogP contribution < -0.4 is 0 Å². The Balaban J connectivity index is 1.86. The second kappa shape index (κ2) is 8.13. The van der Waals surface area contributed by atoms with Gasteiger partial charge in [-0.15, -0.1) is 0 Å². The highest BCUT2D eigenvalue weighted by Crippen LogP contribution is 2.42. The Labute approximate surface area is 165 Å². The fourth-order valence-electron chi connectivity index (χ4n) is 4.70. The molecular weight excluding hydrogens is 336 g/mol. The maximum atomic E-state index is 9.70. The molecule has 2 saturated carbocycles. The second-order valence-corrected chi connectivity index (χ2v) is 9.86. The molecule has 0 unspecified atom stereocenters. The molecule has 0 atom stereocenters. The van der Waals surface area contributed by atoms with Crippen molar-refractivity contribution >= 4 is 0 Å². The van der Waals surface area contributed by atoms with Crippen LogP contribution in [0.1, 0.15) is 97.5 Å². The third kappa shape index (κ3) is 5.06. The Morgan fingerprint density at radius 2 is 1.19 bits per heavy atom. The molecule has 3 heteroatoms. The molecule has 1 N–H and O–H groups in total. The molecule has 27 heavy (non-hydrogen) atoms. The number of phenolic OH excluding ortho intramolecular Hbond substituents is 1. The van der Waals surface area contributed by atoms with Crippen LogP contribution in [0.2, 0.25) is 0 Å². The first-order valence-electron chi connectivity index (χ1n) is 10.9. The first-order chi connectivity index (χ1) is 12.7. The smallest absolute Gasteiger partial charge is 0.168 e. The molecule has 3 nitrogen and oxygen atoms in total. The Kier molecular flexibility index (Phi) is 6.22. The van der Waals surface area contributed by atoms with Gasteiger partial charge >= 0.3 is 0 Å². The fourth-order valence-corrected chi connectivity index (χ4v) is 4.70. The van der Waals surface area contributed by atoms with E-state index in [0.29, 0.717) is 5.75 Å². The van der Waals surface area contributed by atoms with E-state index in [1.165, 1.54) is 38.5 Å². The van der Waals surface area contributed by atoms with E-state index in [1.807, 2.05) is 12.1 Å². The number of aromatic hydroxyl groups is 1. The maximum Gasteiger partial charge on any atom is 0.168 e. The molecule has 1 aromatic rings. The molecule has 0 heterocycles. The van der Waals surface area contributed by atoms with Gasteiger partial charge in [0.2, 0.25) is 0 Å². The van der Waals surface area contributed by atoms with E-state index in [9.17, 15) is 5.11 Å². The monoisotopic (exact) mass is 374 g/mol. The van der Waals surface area contributed by atoms with Gasteiger partial charge in [-0.2, -0.15) is 0 Å². The van der Waals surface area contributed by atoms with Crippen LogP contribution in [0.3, 0.4) is 0 Å². The molecule has 0 spiro atoms. The lowest BCUT2D eigenvalue weighted by molar-refractivity contribution is -0.282. The average molecular weight is 375 g/mol. The van der Waals surface area contributed by atoms with E-state index in [-0.39, 0.29) is 22.9 Å². The van der Waals surface area contributed by atoms with E-state index in [2.05, 4.69) is 27.7 Å². The van der Waals surface area contributed by atoms with Crippen molar-refractivity contribution in [1.82, 2.24) is 0 Å². The predicted octanol–water partition coefficient (Wildman–Crippen LogP) is 6.47. The fraction of sp³-hybridized carbons (Fsp3) is 0.750. The summed E-state index contributed by atoms with van der Waals surface area (Å²) < 4.78 is 13.6. The highest BCUT2D eigenvalue weighted by atomic mass is 16.7. The summed E-state index contributed by atoms with van der Waals surface area (Å²) in [5.41, 5.74) is 0.628. The topological polar surface area (TPSA) is 38.7 Å². The van der Waals surface area contributed by atoms with Crippen LogP contribution in [0.15, 0.2) is 24.3 Å². The molecule has 1 aromatic carbocycles. The van der Waals surface area contributed by atoms with Gasteiger partial charge in [0.15, 0.2) is 6.29 Å². The number of hydrogen-bond donors (Lipinski definition) is 1. The zero-order valence-electron chi connectivity index (χ0n) is 17.7. The Bertz CT molecular complexity index is 567. The Morgan fingerprint density at radius 1 is 0.778 bits per heavy atom. The van der Waals surface area contributed by atoms with Crippen molar-refractivity contribution < 1.29 is 14.6 Å². The SMILES string of the molecule is CC1(OC(OC2(C)CCCCC2)C(C)(C)c2ccc(O)cc2)CCCCC1. The minimum atomic E-state index is -0.298. The molecule has 152 valence electrons. The third-order valence-corrected chi connectivity index (χ3v) is 6.81. The van der Waals surface area contributed by atoms with Crippen LogP contribution >= 0.6 is 0 Å². The first kappa shape index (κ1) is 20.7. The molecule has 2 aliphatic rings. The zero-order valence-corrected chi connectivity index (χ0v) is 17.7. The maximum absolute atomic E-state index is 9.70. The third-order valence-electron chi connectivity index (χ3n) is 6.81. The summed E-state index contributed by atoms with van der Waals surface area (Å²) in [5, 5.41) is 9.70. The number of benzene rings is 1. The summed E-state index contributed by atoms with van der Waals surface area (Å²) in [6.45, 7) is 8.95. The van der Waals surface area contributed by atoms with Crippen molar-refractivity contribution in [2.45, 2.75) is 115 Å². The van der Waals surface area contributed by atoms with Gasteiger partial charge in [0.1, 0.15) is 5.75 Å². The quantitative estimate of drug-likeness (QED) is 0.580. The van der Waals surface area contributed by atoms with E-state index in [1.54, 1.807) is 12.1 Å². The minimum absolute atomic E-state index is 0.109. The lowest BCUT2D eigenvalue weighted by Crippen LogP contribution is -2.50. The largest absolute Gasteiger partial charge is 0.508 e. The van der Waals surface area contributed by atoms with Gasteiger partial charge in [0, 0.05) is 5.41 Å². The van der Waals surface area contributed by atoms with Gasteiger partial charge in [-0.25, -0.2) is 0 Å². The van der Waals surface area contributed by atoms with Gasteiger partial charge < -0.3 is 14.6 Å². The van der Waals surface area contributed by atoms with Gasteiger partial charge in [0.25, 0.3) is 0 Å². The molecule has 3 rings (SSSR count). The molecule has 0 aromatic heterocycles. The Morgan fingerprint density at radius 3 is 1.59 bits per heavy atom. The lowest BCUT2D eigenvalue weighted by Gasteiger charge is -2.47. The molecule has 0 bridgehead atoms. The predicted molar refractivity (Wildman–Crippen MR) is 110 cm³/mol. The number of hydrogen-bond acceptors (Lipinski definition) is 3. The Hall–Kier alpha value is -1.06. The van der Waals surface area contributed by atoms with Crippen LogP contribution in [-0.2, 0) is 14.9 Å².